The lowest BCUT2D eigenvalue weighted by Gasteiger charge is -2.15. The van der Waals surface area contributed by atoms with Gasteiger partial charge in [0.25, 0.3) is 5.91 Å². The van der Waals surface area contributed by atoms with Gasteiger partial charge in [-0.3, -0.25) is 4.79 Å². The summed E-state index contributed by atoms with van der Waals surface area (Å²) in [6, 6.07) is 14.8. The van der Waals surface area contributed by atoms with E-state index in [1.165, 1.54) is 0 Å². The molecule has 0 spiro atoms. The summed E-state index contributed by atoms with van der Waals surface area (Å²) in [5.74, 6) is 1.45. The van der Waals surface area contributed by atoms with Gasteiger partial charge in [-0.25, -0.2) is 0 Å². The highest BCUT2D eigenvalue weighted by Gasteiger charge is 2.25. The highest BCUT2D eigenvalue weighted by Crippen LogP contribution is 2.19. The molecule has 24 heavy (non-hydrogen) atoms. The van der Waals surface area contributed by atoms with Gasteiger partial charge in [0.1, 0.15) is 18.1 Å². The number of likely N-dealkylation sites (tertiary alicyclic amines) is 1. The molecule has 1 heterocycles. The van der Waals surface area contributed by atoms with Crippen LogP contribution in [-0.2, 0) is 6.61 Å². The highest BCUT2D eigenvalue weighted by atomic mass is 16.5. The molecule has 0 bridgehead atoms. The van der Waals surface area contributed by atoms with Crippen molar-refractivity contribution in [3.63, 3.8) is 0 Å². The zero-order chi connectivity index (χ0) is 16.9. The molecule has 0 aliphatic carbocycles. The average molecular weight is 327 g/mol. The van der Waals surface area contributed by atoms with Gasteiger partial charge in [0.05, 0.1) is 13.2 Å². The van der Waals surface area contributed by atoms with Gasteiger partial charge in [0.15, 0.2) is 0 Å². The SMILES string of the molecule is COc1cccc(COc2ccc(C(=O)N3CC[C@@H](O)C3)cc2)c1. The normalized spacial score (nSPS) is 16.9. The topological polar surface area (TPSA) is 59.0 Å². The third-order valence-electron chi connectivity index (χ3n) is 4.09. The van der Waals surface area contributed by atoms with Crippen molar-refractivity contribution in [2.45, 2.75) is 19.1 Å². The number of β-amino-alcohol motifs (C(OH)–C–C–N with tert-alkyl or cyclic N) is 1. The van der Waals surface area contributed by atoms with E-state index in [4.69, 9.17) is 9.47 Å². The molecule has 2 aromatic rings. The van der Waals surface area contributed by atoms with Crippen molar-refractivity contribution < 1.29 is 19.4 Å². The van der Waals surface area contributed by atoms with Gasteiger partial charge >= 0.3 is 0 Å². The van der Waals surface area contributed by atoms with Crippen LogP contribution in [0.2, 0.25) is 0 Å². The minimum absolute atomic E-state index is 0.0501. The number of amides is 1. The number of ether oxygens (including phenoxy) is 2. The summed E-state index contributed by atoms with van der Waals surface area (Å²) in [6.07, 6.45) is 0.243. The summed E-state index contributed by atoms with van der Waals surface area (Å²) in [6.45, 7) is 1.45. The average Bonchev–Trinajstić information content (AvgIpc) is 3.06. The van der Waals surface area contributed by atoms with Crippen LogP contribution in [-0.4, -0.2) is 42.2 Å². The Hall–Kier alpha value is -2.53. The number of methoxy groups -OCH3 is 1. The standard InChI is InChI=1S/C19H21NO4/c1-23-18-4-2-3-14(11-18)13-24-17-7-5-15(6-8-17)19(22)20-10-9-16(21)12-20/h2-8,11,16,21H,9-10,12-13H2,1H3/t16-/m1/s1. The van der Waals surface area contributed by atoms with Crippen molar-refractivity contribution in [3.05, 3.63) is 59.7 Å². The van der Waals surface area contributed by atoms with Crippen molar-refractivity contribution in [1.82, 2.24) is 4.90 Å². The lowest BCUT2D eigenvalue weighted by atomic mass is 10.2. The van der Waals surface area contributed by atoms with Crippen LogP contribution < -0.4 is 9.47 Å². The third-order valence-corrected chi connectivity index (χ3v) is 4.09. The van der Waals surface area contributed by atoms with E-state index in [2.05, 4.69) is 0 Å². The number of aliphatic hydroxyl groups is 1. The molecule has 0 saturated carbocycles. The highest BCUT2D eigenvalue weighted by molar-refractivity contribution is 5.94. The molecule has 2 aromatic carbocycles. The number of nitrogens with zero attached hydrogens (tertiary/aromatic N) is 1. The molecular weight excluding hydrogens is 306 g/mol. The lowest BCUT2D eigenvalue weighted by molar-refractivity contribution is 0.0765. The van der Waals surface area contributed by atoms with Crippen molar-refractivity contribution in [2.75, 3.05) is 20.2 Å². The van der Waals surface area contributed by atoms with Gasteiger partial charge in [0, 0.05) is 18.7 Å². The number of carbonyl (C=O) groups excluding carboxylic acids is 1. The van der Waals surface area contributed by atoms with Crippen LogP contribution in [0.3, 0.4) is 0 Å². The third kappa shape index (κ3) is 3.86. The second-order valence-corrected chi connectivity index (χ2v) is 5.86. The van der Waals surface area contributed by atoms with E-state index in [-0.39, 0.29) is 5.91 Å². The van der Waals surface area contributed by atoms with Crippen molar-refractivity contribution in [2.24, 2.45) is 0 Å². The summed E-state index contributed by atoms with van der Waals surface area (Å²) in [5, 5.41) is 9.53. The zero-order valence-corrected chi connectivity index (χ0v) is 13.6. The second kappa shape index (κ2) is 7.36. The van der Waals surface area contributed by atoms with E-state index in [0.29, 0.717) is 37.4 Å². The van der Waals surface area contributed by atoms with E-state index in [1.807, 2.05) is 24.3 Å². The largest absolute Gasteiger partial charge is 0.497 e. The summed E-state index contributed by atoms with van der Waals surface area (Å²) in [4.78, 5) is 14.0. The fourth-order valence-electron chi connectivity index (χ4n) is 2.73. The lowest BCUT2D eigenvalue weighted by Crippen LogP contribution is -2.29. The molecule has 1 aliphatic heterocycles. The Balaban J connectivity index is 1.59. The van der Waals surface area contributed by atoms with E-state index >= 15 is 0 Å². The molecule has 0 unspecified atom stereocenters. The van der Waals surface area contributed by atoms with Crippen molar-refractivity contribution in [3.8, 4) is 11.5 Å². The van der Waals surface area contributed by atoms with E-state index in [9.17, 15) is 9.90 Å². The van der Waals surface area contributed by atoms with E-state index in [1.54, 1.807) is 36.3 Å². The van der Waals surface area contributed by atoms with Crippen molar-refractivity contribution in [1.29, 1.82) is 0 Å². The monoisotopic (exact) mass is 327 g/mol. The molecule has 1 amide bonds. The number of hydrogen-bond donors (Lipinski definition) is 1. The molecule has 1 aliphatic rings. The van der Waals surface area contributed by atoms with Crippen LogP contribution in [0.4, 0.5) is 0 Å². The first-order valence-corrected chi connectivity index (χ1v) is 7.99. The summed E-state index contributed by atoms with van der Waals surface area (Å²) >= 11 is 0. The van der Waals surface area contributed by atoms with E-state index < -0.39 is 6.10 Å². The Kier molecular flexibility index (Phi) is 5.01. The molecule has 0 radical (unpaired) electrons. The Morgan fingerprint density at radius 3 is 2.67 bits per heavy atom. The Bertz CT molecular complexity index is 699. The van der Waals surface area contributed by atoms with Crippen LogP contribution in [0.25, 0.3) is 0 Å². The maximum Gasteiger partial charge on any atom is 0.253 e. The molecule has 1 atom stereocenters. The Morgan fingerprint density at radius 2 is 2.00 bits per heavy atom. The van der Waals surface area contributed by atoms with Gasteiger partial charge in [-0.2, -0.15) is 0 Å². The van der Waals surface area contributed by atoms with Gasteiger partial charge in [-0.05, 0) is 48.4 Å². The van der Waals surface area contributed by atoms with Crippen LogP contribution >= 0.6 is 0 Å². The summed E-state index contributed by atoms with van der Waals surface area (Å²) in [7, 11) is 1.63. The second-order valence-electron chi connectivity index (χ2n) is 5.86. The first-order chi connectivity index (χ1) is 11.7. The molecule has 3 rings (SSSR count). The van der Waals surface area contributed by atoms with Gasteiger partial charge in [-0.15, -0.1) is 0 Å². The Labute approximate surface area is 141 Å². The van der Waals surface area contributed by atoms with Crippen LogP contribution in [0, 0.1) is 0 Å². The molecule has 5 heteroatoms. The minimum atomic E-state index is -0.403. The smallest absolute Gasteiger partial charge is 0.253 e. The summed E-state index contributed by atoms with van der Waals surface area (Å²) in [5.41, 5.74) is 1.62. The molecule has 1 N–H and O–H groups in total. The first kappa shape index (κ1) is 16.3. The predicted molar refractivity (Wildman–Crippen MR) is 90.3 cm³/mol. The molecule has 1 saturated heterocycles. The van der Waals surface area contributed by atoms with Gasteiger partial charge in [-0.1, -0.05) is 12.1 Å². The fourth-order valence-corrected chi connectivity index (χ4v) is 2.73. The Morgan fingerprint density at radius 1 is 1.21 bits per heavy atom. The van der Waals surface area contributed by atoms with E-state index in [0.717, 1.165) is 11.3 Å². The number of aliphatic hydroxyl groups excluding tert-OH is 1. The molecular formula is C19H21NO4. The molecule has 1 fully saturated rings. The molecule has 5 nitrogen and oxygen atoms in total. The van der Waals surface area contributed by atoms with Gasteiger partial charge in [0.2, 0.25) is 0 Å². The molecule has 126 valence electrons. The summed E-state index contributed by atoms with van der Waals surface area (Å²) < 4.78 is 10.9. The maximum absolute atomic E-state index is 12.3. The van der Waals surface area contributed by atoms with Crippen LogP contribution in [0.15, 0.2) is 48.5 Å². The van der Waals surface area contributed by atoms with Crippen LogP contribution in [0.5, 0.6) is 11.5 Å². The quantitative estimate of drug-likeness (QED) is 0.916. The number of hydrogen-bond acceptors (Lipinski definition) is 4. The van der Waals surface area contributed by atoms with Crippen LogP contribution in [0.1, 0.15) is 22.3 Å². The minimum Gasteiger partial charge on any atom is -0.497 e. The number of benzene rings is 2. The number of rotatable bonds is 5. The zero-order valence-electron chi connectivity index (χ0n) is 13.6. The maximum atomic E-state index is 12.3. The first-order valence-electron chi connectivity index (χ1n) is 7.99. The molecule has 0 aromatic heterocycles. The van der Waals surface area contributed by atoms with Gasteiger partial charge < -0.3 is 19.5 Å². The fraction of sp³-hybridized carbons (Fsp3) is 0.316. The predicted octanol–water partition coefficient (Wildman–Crippen LogP) is 2.48. The van der Waals surface area contributed by atoms with Crippen molar-refractivity contribution >= 4 is 5.91 Å². The number of carbonyl (C=O) groups is 1.